The summed E-state index contributed by atoms with van der Waals surface area (Å²) < 4.78 is 0. The van der Waals surface area contributed by atoms with Gasteiger partial charge in [0, 0.05) is 23.9 Å². The van der Waals surface area contributed by atoms with Gasteiger partial charge in [0.25, 0.3) is 0 Å². The molecule has 0 aliphatic rings. The van der Waals surface area contributed by atoms with Crippen molar-refractivity contribution in [2.75, 3.05) is 0 Å². The van der Waals surface area contributed by atoms with Crippen molar-refractivity contribution in [2.45, 2.75) is 27.7 Å². The van der Waals surface area contributed by atoms with Crippen molar-refractivity contribution in [3.8, 4) is 0 Å². The van der Waals surface area contributed by atoms with Gasteiger partial charge in [0.2, 0.25) is 0 Å². The third-order valence-corrected chi connectivity index (χ3v) is 0. The van der Waals surface area contributed by atoms with Crippen molar-refractivity contribution in [1.82, 2.24) is 0 Å². The Morgan fingerprint density at radius 3 is 0.500 bits per heavy atom. The molecule has 22 heavy (non-hydrogen) atoms. The first-order valence-corrected chi connectivity index (χ1v) is 4.13. The molecule has 0 N–H and O–H groups in total. The van der Waals surface area contributed by atoms with Gasteiger partial charge in [-0.15, -0.1) is 13.2 Å². The van der Waals surface area contributed by atoms with E-state index in [2.05, 4.69) is 13.2 Å². The summed E-state index contributed by atoms with van der Waals surface area (Å²) in [5.74, 6) is -4.33. The Morgan fingerprint density at radius 2 is 0.500 bits per heavy atom. The zero-order chi connectivity index (χ0) is 16.3. The van der Waals surface area contributed by atoms with E-state index in [-0.39, 0.29) is 118 Å². The molecule has 8 nitrogen and oxygen atoms in total. The summed E-state index contributed by atoms with van der Waals surface area (Å²) in [4.78, 5) is 35.6. The number of aliphatic carboxylic acids is 4. The molecule has 0 spiro atoms. The van der Waals surface area contributed by atoms with Gasteiger partial charge in [-0.05, 0) is 27.7 Å². The van der Waals surface area contributed by atoms with Gasteiger partial charge in [-0.25, -0.2) is 0 Å². The first kappa shape index (κ1) is 56.5. The van der Waals surface area contributed by atoms with Crippen LogP contribution >= 0.6 is 0 Å². The van der Waals surface area contributed by atoms with E-state index < -0.39 is 23.9 Å². The van der Waals surface area contributed by atoms with Gasteiger partial charge >= 0.3 is 118 Å². The van der Waals surface area contributed by atoms with Crippen LogP contribution in [0.5, 0.6) is 0 Å². The van der Waals surface area contributed by atoms with Crippen molar-refractivity contribution < 1.29 is 158 Å². The molecule has 0 saturated carbocycles. The second-order valence-electron chi connectivity index (χ2n) is 1.97. The zero-order valence-corrected chi connectivity index (χ0v) is 22.7. The first-order valence-electron chi connectivity index (χ1n) is 4.13. The van der Waals surface area contributed by atoms with Gasteiger partial charge in [-0.1, -0.05) is 0 Å². The maximum Gasteiger partial charge on any atom is 1.00 e. The molecule has 0 bridgehead atoms. The molecule has 0 atom stereocenters. The number of hydrogen-bond acceptors (Lipinski definition) is 8. The SMILES string of the molecule is C=C.CC(=O)[O-].CC(=O)[O-].CC(=O)[O-].CC(=O)[O-].[Na+].[Na+].[Na+].[Na+]. The Bertz CT molecular complexity index is 185. The van der Waals surface area contributed by atoms with Crippen LogP contribution in [0, 0.1) is 0 Å². The van der Waals surface area contributed by atoms with Crippen LogP contribution in [0.4, 0.5) is 0 Å². The maximum atomic E-state index is 8.89. The van der Waals surface area contributed by atoms with Gasteiger partial charge in [0.1, 0.15) is 0 Å². The van der Waals surface area contributed by atoms with Crippen LogP contribution in [-0.2, 0) is 19.2 Å². The van der Waals surface area contributed by atoms with Crippen LogP contribution in [0.15, 0.2) is 13.2 Å². The van der Waals surface area contributed by atoms with E-state index >= 15 is 0 Å². The Kier molecular flexibility index (Phi) is 146. The van der Waals surface area contributed by atoms with E-state index in [1.807, 2.05) is 0 Å². The molecule has 0 unspecified atom stereocenters. The molecule has 0 rings (SSSR count). The van der Waals surface area contributed by atoms with E-state index in [1.54, 1.807) is 0 Å². The molecule has 0 radical (unpaired) electrons. The smallest absolute Gasteiger partial charge is 0.550 e. The van der Waals surface area contributed by atoms with Crippen molar-refractivity contribution >= 4 is 23.9 Å². The Labute approximate surface area is 219 Å². The van der Waals surface area contributed by atoms with Crippen LogP contribution in [-0.4, -0.2) is 23.9 Å². The molecule has 12 heteroatoms. The predicted octanol–water partition coefficient (Wildman–Crippen LogP) is -16.2. The summed E-state index contributed by atoms with van der Waals surface area (Å²) in [5.41, 5.74) is 0. The number of carbonyl (C=O) groups excluding carboxylic acids is 4. The molecule has 0 aromatic rings. The summed E-state index contributed by atoms with van der Waals surface area (Å²) in [6, 6.07) is 0. The Balaban J connectivity index is -0.0000000133. The molecule has 0 aromatic heterocycles. The zero-order valence-electron chi connectivity index (χ0n) is 14.7. The molecular weight excluding hydrogens is 340 g/mol. The van der Waals surface area contributed by atoms with Gasteiger partial charge in [0.05, 0.1) is 0 Å². The van der Waals surface area contributed by atoms with Crippen molar-refractivity contribution in [1.29, 1.82) is 0 Å². The second-order valence-corrected chi connectivity index (χ2v) is 1.97. The number of carboxylic acid groups (broad SMARTS) is 4. The number of rotatable bonds is 0. The van der Waals surface area contributed by atoms with E-state index in [4.69, 9.17) is 39.6 Å². The van der Waals surface area contributed by atoms with Crippen molar-refractivity contribution in [2.24, 2.45) is 0 Å². The van der Waals surface area contributed by atoms with Crippen LogP contribution in [0.2, 0.25) is 0 Å². The fourth-order valence-electron chi connectivity index (χ4n) is 0. The monoisotopic (exact) mass is 356 g/mol. The fraction of sp³-hybridized carbons (Fsp3) is 0.400. The standard InChI is InChI=1S/4C2H4O2.C2H4.4Na/c4*1-2(3)4;1-2;;;;/h4*1H3,(H,3,4);1-2H2;;;;/q;;;;;4*+1/p-4. The number of hydrogen-bond donors (Lipinski definition) is 0. The third-order valence-electron chi connectivity index (χ3n) is 0. The van der Waals surface area contributed by atoms with Gasteiger partial charge < -0.3 is 39.6 Å². The minimum atomic E-state index is -1.08. The predicted molar refractivity (Wildman–Crippen MR) is 54.0 cm³/mol. The van der Waals surface area contributed by atoms with Gasteiger partial charge in [-0.3, -0.25) is 0 Å². The number of carbonyl (C=O) groups is 4. The molecule has 108 valence electrons. The minimum absolute atomic E-state index is 0. The quantitative estimate of drug-likeness (QED) is 0.305. The summed E-state index contributed by atoms with van der Waals surface area (Å²) in [6.07, 6.45) is 0. The molecule has 0 aliphatic carbocycles. The summed E-state index contributed by atoms with van der Waals surface area (Å²) in [7, 11) is 0. The first-order chi connectivity index (χ1) is 7.93. The van der Waals surface area contributed by atoms with Crippen LogP contribution in [0.3, 0.4) is 0 Å². The minimum Gasteiger partial charge on any atom is -0.550 e. The average Bonchev–Trinajstić information content (AvgIpc) is 2.01. The van der Waals surface area contributed by atoms with Crippen LogP contribution < -0.4 is 139 Å². The topological polar surface area (TPSA) is 161 Å². The normalized spacial score (nSPS) is 4.73. The molecule has 0 fully saturated rings. The maximum absolute atomic E-state index is 8.89. The van der Waals surface area contributed by atoms with E-state index in [0.29, 0.717) is 0 Å². The van der Waals surface area contributed by atoms with Crippen molar-refractivity contribution in [3.05, 3.63) is 13.2 Å². The number of carboxylic acids is 4. The molecule has 0 saturated heterocycles. The fourth-order valence-corrected chi connectivity index (χ4v) is 0. The van der Waals surface area contributed by atoms with Crippen molar-refractivity contribution in [3.63, 3.8) is 0 Å². The van der Waals surface area contributed by atoms with E-state index in [1.165, 1.54) is 0 Å². The molecule has 0 heterocycles. The summed E-state index contributed by atoms with van der Waals surface area (Å²) >= 11 is 0. The van der Waals surface area contributed by atoms with Gasteiger partial charge in [0.15, 0.2) is 0 Å². The molecular formula is C10H16Na4O8. The van der Waals surface area contributed by atoms with Crippen LogP contribution in [0.25, 0.3) is 0 Å². The van der Waals surface area contributed by atoms with Gasteiger partial charge in [-0.2, -0.15) is 0 Å². The molecule has 0 amide bonds. The Hall–Kier alpha value is 1.62. The Morgan fingerprint density at radius 1 is 0.500 bits per heavy atom. The van der Waals surface area contributed by atoms with E-state index in [9.17, 15) is 0 Å². The average molecular weight is 356 g/mol. The summed E-state index contributed by atoms with van der Waals surface area (Å²) in [5, 5.41) is 35.6. The second kappa shape index (κ2) is 57.0. The van der Waals surface area contributed by atoms with Crippen LogP contribution in [0.1, 0.15) is 27.7 Å². The largest absolute Gasteiger partial charge is 1.00 e. The third kappa shape index (κ3) is 3500. The molecule has 0 aromatic carbocycles. The van der Waals surface area contributed by atoms with E-state index in [0.717, 1.165) is 27.7 Å². The summed E-state index contributed by atoms with van der Waals surface area (Å²) in [6.45, 7) is 9.89. The molecule has 0 aliphatic heterocycles.